The Kier molecular flexibility index (Phi) is 4.83. The highest BCUT2D eigenvalue weighted by Gasteiger charge is 2.09. The van der Waals surface area contributed by atoms with Gasteiger partial charge in [-0.2, -0.15) is 0 Å². The third-order valence-corrected chi connectivity index (χ3v) is 3.42. The first-order valence-electron chi connectivity index (χ1n) is 6.97. The first-order chi connectivity index (χ1) is 9.11. The van der Waals surface area contributed by atoms with E-state index in [-0.39, 0.29) is 0 Å². The van der Waals surface area contributed by atoms with Crippen LogP contribution in [0.2, 0.25) is 5.02 Å². The van der Waals surface area contributed by atoms with E-state index >= 15 is 0 Å². The van der Waals surface area contributed by atoms with Crippen LogP contribution >= 0.6 is 11.6 Å². The van der Waals surface area contributed by atoms with Crippen LogP contribution in [0.5, 0.6) is 0 Å². The molecule has 1 aromatic heterocycles. The second-order valence-corrected chi connectivity index (χ2v) is 5.69. The summed E-state index contributed by atoms with van der Waals surface area (Å²) in [6.45, 7) is 9.55. The zero-order chi connectivity index (χ0) is 13.8. The molecule has 1 heterocycles. The maximum atomic E-state index is 6.02. The van der Waals surface area contributed by atoms with E-state index in [1.807, 2.05) is 12.1 Å². The van der Waals surface area contributed by atoms with Crippen molar-refractivity contribution >= 4 is 22.6 Å². The van der Waals surface area contributed by atoms with Gasteiger partial charge in [0.05, 0.1) is 11.0 Å². The van der Waals surface area contributed by atoms with Crippen molar-refractivity contribution < 1.29 is 0 Å². The van der Waals surface area contributed by atoms with Crippen molar-refractivity contribution in [2.45, 2.75) is 33.7 Å². The summed E-state index contributed by atoms with van der Waals surface area (Å²) in [4.78, 5) is 4.70. The molecular weight excluding hydrogens is 258 g/mol. The first-order valence-corrected chi connectivity index (χ1v) is 7.35. The molecule has 1 aromatic carbocycles. The molecule has 0 aliphatic heterocycles. The van der Waals surface area contributed by atoms with Crippen molar-refractivity contribution in [2.24, 2.45) is 5.92 Å². The van der Waals surface area contributed by atoms with Gasteiger partial charge in [-0.25, -0.2) is 4.98 Å². The number of nitrogens with zero attached hydrogens (tertiary/aromatic N) is 2. The van der Waals surface area contributed by atoms with Crippen LogP contribution in [-0.2, 0) is 13.0 Å². The molecule has 0 amide bonds. The Morgan fingerprint density at radius 3 is 2.84 bits per heavy atom. The van der Waals surface area contributed by atoms with E-state index in [0.29, 0.717) is 5.92 Å². The van der Waals surface area contributed by atoms with E-state index in [1.54, 1.807) is 0 Å². The van der Waals surface area contributed by atoms with E-state index in [0.717, 1.165) is 42.4 Å². The second kappa shape index (κ2) is 6.40. The molecule has 0 unspecified atom stereocenters. The van der Waals surface area contributed by atoms with Gasteiger partial charge in [-0.1, -0.05) is 25.4 Å². The molecule has 2 aromatic rings. The summed E-state index contributed by atoms with van der Waals surface area (Å²) in [6, 6.07) is 5.92. The predicted octanol–water partition coefficient (Wildman–Crippen LogP) is 3.50. The van der Waals surface area contributed by atoms with Crippen LogP contribution in [0.1, 0.15) is 26.6 Å². The number of halogens is 1. The third kappa shape index (κ3) is 3.48. The van der Waals surface area contributed by atoms with Crippen molar-refractivity contribution in [3.05, 3.63) is 29.0 Å². The van der Waals surface area contributed by atoms with Gasteiger partial charge in [0.2, 0.25) is 0 Å². The fourth-order valence-electron chi connectivity index (χ4n) is 2.29. The van der Waals surface area contributed by atoms with Crippen LogP contribution in [-0.4, -0.2) is 22.6 Å². The Morgan fingerprint density at radius 1 is 1.37 bits per heavy atom. The summed E-state index contributed by atoms with van der Waals surface area (Å²) >= 11 is 6.02. The number of aryl methyl sites for hydroxylation is 1. The number of benzene rings is 1. The van der Waals surface area contributed by atoms with E-state index in [1.165, 1.54) is 5.52 Å². The van der Waals surface area contributed by atoms with Crippen molar-refractivity contribution in [2.75, 3.05) is 13.1 Å². The quantitative estimate of drug-likeness (QED) is 0.820. The largest absolute Gasteiger partial charge is 0.328 e. The average Bonchev–Trinajstić information content (AvgIpc) is 2.70. The van der Waals surface area contributed by atoms with Gasteiger partial charge in [0.15, 0.2) is 0 Å². The molecule has 0 atom stereocenters. The third-order valence-electron chi connectivity index (χ3n) is 3.18. The van der Waals surface area contributed by atoms with Gasteiger partial charge in [-0.15, -0.1) is 0 Å². The lowest BCUT2D eigenvalue weighted by Crippen LogP contribution is -2.23. The molecule has 0 saturated carbocycles. The summed E-state index contributed by atoms with van der Waals surface area (Å²) in [5.41, 5.74) is 2.17. The van der Waals surface area contributed by atoms with Crippen LogP contribution in [0.25, 0.3) is 11.0 Å². The zero-order valence-corrected chi connectivity index (χ0v) is 12.7. The summed E-state index contributed by atoms with van der Waals surface area (Å²) < 4.78 is 2.27. The Hall–Kier alpha value is -1.06. The van der Waals surface area contributed by atoms with Gasteiger partial charge < -0.3 is 9.88 Å². The maximum Gasteiger partial charge on any atom is 0.111 e. The molecule has 0 aliphatic rings. The maximum absolute atomic E-state index is 6.02. The lowest BCUT2D eigenvalue weighted by Gasteiger charge is -2.08. The summed E-state index contributed by atoms with van der Waals surface area (Å²) in [5.74, 6) is 1.82. The fraction of sp³-hybridized carbons (Fsp3) is 0.533. The van der Waals surface area contributed by atoms with Crippen molar-refractivity contribution in [3.8, 4) is 0 Å². The molecule has 2 rings (SSSR count). The molecule has 3 nitrogen and oxygen atoms in total. The molecule has 4 heteroatoms. The van der Waals surface area contributed by atoms with E-state index in [9.17, 15) is 0 Å². The molecule has 0 aliphatic carbocycles. The number of imidazole rings is 1. The Balaban J connectivity index is 2.13. The monoisotopic (exact) mass is 279 g/mol. The number of aromatic nitrogens is 2. The standard InChI is InChI=1S/C15H22ClN3/c1-4-19-14-6-5-12(16)9-13(14)18-15(19)7-8-17-10-11(2)3/h5-6,9,11,17H,4,7-8,10H2,1-3H3. The van der Waals surface area contributed by atoms with Gasteiger partial charge in [0.25, 0.3) is 0 Å². The minimum atomic E-state index is 0.684. The summed E-state index contributed by atoms with van der Waals surface area (Å²) in [7, 11) is 0. The number of hydrogen-bond acceptors (Lipinski definition) is 2. The molecule has 1 N–H and O–H groups in total. The van der Waals surface area contributed by atoms with E-state index < -0.39 is 0 Å². The molecule has 0 saturated heterocycles. The highest BCUT2D eigenvalue weighted by atomic mass is 35.5. The van der Waals surface area contributed by atoms with E-state index in [2.05, 4.69) is 36.7 Å². The number of rotatable bonds is 6. The van der Waals surface area contributed by atoms with Crippen molar-refractivity contribution in [1.29, 1.82) is 0 Å². The normalized spacial score (nSPS) is 11.6. The lowest BCUT2D eigenvalue weighted by molar-refractivity contribution is 0.545. The van der Waals surface area contributed by atoms with Crippen LogP contribution in [0, 0.1) is 5.92 Å². The molecule has 19 heavy (non-hydrogen) atoms. The van der Waals surface area contributed by atoms with Crippen LogP contribution in [0.3, 0.4) is 0 Å². The van der Waals surface area contributed by atoms with Crippen LogP contribution in [0.4, 0.5) is 0 Å². The minimum absolute atomic E-state index is 0.684. The van der Waals surface area contributed by atoms with Gasteiger partial charge in [-0.3, -0.25) is 0 Å². The van der Waals surface area contributed by atoms with Gasteiger partial charge in [0.1, 0.15) is 5.82 Å². The molecule has 104 valence electrons. The molecular formula is C15H22ClN3. The fourth-order valence-corrected chi connectivity index (χ4v) is 2.45. The number of hydrogen-bond donors (Lipinski definition) is 1. The highest BCUT2D eigenvalue weighted by Crippen LogP contribution is 2.20. The van der Waals surface area contributed by atoms with Gasteiger partial charge in [-0.05, 0) is 37.6 Å². The minimum Gasteiger partial charge on any atom is -0.328 e. The first kappa shape index (κ1) is 14.4. The Bertz CT molecular complexity index is 546. The number of fused-ring (bicyclic) bond motifs is 1. The lowest BCUT2D eigenvalue weighted by atomic mass is 10.2. The molecule has 0 fully saturated rings. The highest BCUT2D eigenvalue weighted by molar-refractivity contribution is 6.31. The Morgan fingerprint density at radius 2 is 2.16 bits per heavy atom. The van der Waals surface area contributed by atoms with Crippen molar-refractivity contribution in [3.63, 3.8) is 0 Å². The summed E-state index contributed by atoms with van der Waals surface area (Å²) in [5, 5.41) is 4.21. The van der Waals surface area contributed by atoms with Gasteiger partial charge >= 0.3 is 0 Å². The summed E-state index contributed by atoms with van der Waals surface area (Å²) in [6.07, 6.45) is 0.951. The Labute approximate surface area is 120 Å². The second-order valence-electron chi connectivity index (χ2n) is 5.25. The predicted molar refractivity (Wildman–Crippen MR) is 81.8 cm³/mol. The number of nitrogens with one attached hydrogen (secondary N) is 1. The molecule has 0 spiro atoms. The van der Waals surface area contributed by atoms with Crippen molar-refractivity contribution in [1.82, 2.24) is 14.9 Å². The van der Waals surface area contributed by atoms with Gasteiger partial charge in [0, 0.05) is 24.5 Å². The van der Waals surface area contributed by atoms with E-state index in [4.69, 9.17) is 16.6 Å². The van der Waals surface area contributed by atoms with Crippen LogP contribution < -0.4 is 5.32 Å². The molecule has 0 radical (unpaired) electrons. The smallest absolute Gasteiger partial charge is 0.111 e. The topological polar surface area (TPSA) is 29.9 Å². The molecule has 0 bridgehead atoms. The SMILES string of the molecule is CCn1c(CCNCC(C)C)nc2cc(Cl)ccc21. The zero-order valence-electron chi connectivity index (χ0n) is 11.9. The average molecular weight is 280 g/mol. The van der Waals surface area contributed by atoms with Crippen LogP contribution in [0.15, 0.2) is 18.2 Å².